The Morgan fingerprint density at radius 1 is 1.90 bits per heavy atom. The van der Waals surface area contributed by atoms with Crippen molar-refractivity contribution in [1.29, 1.82) is 0 Å². The van der Waals surface area contributed by atoms with Gasteiger partial charge in [0.1, 0.15) is 6.33 Å². The monoisotopic (exact) mass is 175 g/mol. The summed E-state index contributed by atoms with van der Waals surface area (Å²) in [5, 5.41) is 4.27. The lowest BCUT2D eigenvalue weighted by Gasteiger charge is -1.96. The average molecular weight is 176 g/mol. The van der Waals surface area contributed by atoms with Gasteiger partial charge in [-0.3, -0.25) is 0 Å². The van der Waals surface area contributed by atoms with E-state index in [-0.39, 0.29) is 0 Å². The van der Waals surface area contributed by atoms with Gasteiger partial charge in [-0.15, -0.1) is 0 Å². The minimum atomic E-state index is 0.538. The summed E-state index contributed by atoms with van der Waals surface area (Å²) in [5.41, 5.74) is 0. The molecule has 0 fully saturated rings. The lowest BCUT2D eigenvalue weighted by Crippen LogP contribution is -1.99. The first-order valence-electron chi connectivity index (χ1n) is 2.63. The predicted molar refractivity (Wildman–Crippen MR) is 43.4 cm³/mol. The van der Waals surface area contributed by atoms with Crippen LogP contribution in [0.1, 0.15) is 0 Å². The number of anilines is 1. The Hall–Kier alpha value is -0.610. The summed E-state index contributed by atoms with van der Waals surface area (Å²) in [4.78, 5) is 3.88. The van der Waals surface area contributed by atoms with Crippen LogP contribution in [0, 0.1) is 0 Å². The SMILES string of the molecule is C=C(Cl)CNc1ncns1. The van der Waals surface area contributed by atoms with Gasteiger partial charge < -0.3 is 5.32 Å². The Bertz CT molecular complexity index is 209. The van der Waals surface area contributed by atoms with Gasteiger partial charge in [0.15, 0.2) is 0 Å². The number of rotatable bonds is 3. The summed E-state index contributed by atoms with van der Waals surface area (Å²) in [6.07, 6.45) is 1.49. The normalized spacial score (nSPS) is 9.30. The van der Waals surface area contributed by atoms with E-state index < -0.39 is 0 Å². The fourth-order valence-corrected chi connectivity index (χ4v) is 0.914. The quantitative estimate of drug-likeness (QED) is 0.760. The molecule has 1 heterocycles. The van der Waals surface area contributed by atoms with E-state index in [9.17, 15) is 0 Å². The smallest absolute Gasteiger partial charge is 0.202 e. The van der Waals surface area contributed by atoms with Gasteiger partial charge in [0.25, 0.3) is 0 Å². The summed E-state index contributed by atoms with van der Waals surface area (Å²) in [7, 11) is 0. The molecule has 0 spiro atoms. The number of hydrogen-bond acceptors (Lipinski definition) is 4. The van der Waals surface area contributed by atoms with Gasteiger partial charge >= 0.3 is 0 Å². The molecule has 0 aliphatic carbocycles. The van der Waals surface area contributed by atoms with Crippen LogP contribution in [0.15, 0.2) is 17.9 Å². The second kappa shape index (κ2) is 3.53. The van der Waals surface area contributed by atoms with E-state index in [1.165, 1.54) is 17.9 Å². The molecule has 1 rings (SSSR count). The van der Waals surface area contributed by atoms with E-state index in [4.69, 9.17) is 11.6 Å². The molecule has 0 aromatic carbocycles. The zero-order valence-corrected chi connectivity index (χ0v) is 6.74. The van der Waals surface area contributed by atoms with E-state index in [1.54, 1.807) is 0 Å². The molecule has 0 aliphatic heterocycles. The van der Waals surface area contributed by atoms with Crippen molar-refractivity contribution in [3.8, 4) is 0 Å². The first-order valence-corrected chi connectivity index (χ1v) is 3.78. The topological polar surface area (TPSA) is 37.8 Å². The third kappa shape index (κ3) is 2.33. The lowest BCUT2D eigenvalue weighted by atomic mass is 10.6. The molecule has 1 aromatic heterocycles. The molecule has 1 N–H and O–H groups in total. The molecule has 1 aromatic rings. The highest BCUT2D eigenvalue weighted by molar-refractivity contribution is 7.09. The van der Waals surface area contributed by atoms with Crippen LogP contribution in [0.5, 0.6) is 0 Å². The van der Waals surface area contributed by atoms with Gasteiger partial charge in [-0.2, -0.15) is 4.37 Å². The Labute approximate surface area is 67.9 Å². The van der Waals surface area contributed by atoms with E-state index in [0.717, 1.165) is 5.13 Å². The molecule has 0 saturated carbocycles. The highest BCUT2D eigenvalue weighted by atomic mass is 35.5. The van der Waals surface area contributed by atoms with E-state index in [2.05, 4.69) is 21.3 Å². The van der Waals surface area contributed by atoms with Crippen LogP contribution < -0.4 is 5.32 Å². The molecule has 3 nitrogen and oxygen atoms in total. The number of nitrogens with one attached hydrogen (secondary N) is 1. The molecule has 0 saturated heterocycles. The number of hydrogen-bond donors (Lipinski definition) is 1. The van der Waals surface area contributed by atoms with Crippen LogP contribution in [-0.2, 0) is 0 Å². The Morgan fingerprint density at radius 2 is 2.70 bits per heavy atom. The second-order valence-corrected chi connectivity index (χ2v) is 2.93. The first-order chi connectivity index (χ1) is 4.79. The highest BCUT2D eigenvalue weighted by Crippen LogP contribution is 2.07. The molecular formula is C5H6ClN3S. The van der Waals surface area contributed by atoms with Crippen LogP contribution in [-0.4, -0.2) is 15.9 Å². The summed E-state index contributed by atoms with van der Waals surface area (Å²) < 4.78 is 3.80. The number of halogens is 1. The van der Waals surface area contributed by atoms with E-state index in [1.807, 2.05) is 0 Å². The lowest BCUT2D eigenvalue weighted by molar-refractivity contribution is 1.25. The molecule has 5 heteroatoms. The standard InChI is InChI=1S/C5H6ClN3S/c1-4(6)2-7-5-8-3-9-10-5/h3H,1-2H2,(H,7,8,9). The average Bonchev–Trinajstić information content (AvgIpc) is 2.34. The third-order valence-electron chi connectivity index (χ3n) is 0.793. The molecule has 0 radical (unpaired) electrons. The molecule has 0 aliphatic rings. The first kappa shape index (κ1) is 7.50. The maximum atomic E-state index is 5.49. The largest absolute Gasteiger partial charge is 0.355 e. The van der Waals surface area contributed by atoms with Gasteiger partial charge in [-0.05, 0) is 0 Å². The molecular weight excluding hydrogens is 170 g/mol. The van der Waals surface area contributed by atoms with E-state index >= 15 is 0 Å². The molecule has 0 amide bonds. The van der Waals surface area contributed by atoms with Crippen LogP contribution >= 0.6 is 23.1 Å². The molecule has 0 unspecified atom stereocenters. The molecule has 0 atom stereocenters. The molecule has 54 valence electrons. The molecule has 10 heavy (non-hydrogen) atoms. The second-order valence-electron chi connectivity index (χ2n) is 1.62. The van der Waals surface area contributed by atoms with Crippen LogP contribution in [0.25, 0.3) is 0 Å². The van der Waals surface area contributed by atoms with Crippen LogP contribution in [0.4, 0.5) is 5.13 Å². The zero-order valence-electron chi connectivity index (χ0n) is 5.17. The van der Waals surface area contributed by atoms with Gasteiger partial charge in [-0.25, -0.2) is 4.98 Å². The Morgan fingerprint density at radius 3 is 3.20 bits per heavy atom. The number of aromatic nitrogens is 2. The Kier molecular flexibility index (Phi) is 2.65. The fourth-order valence-electron chi connectivity index (χ4n) is 0.423. The minimum absolute atomic E-state index is 0.538. The minimum Gasteiger partial charge on any atom is -0.355 e. The van der Waals surface area contributed by atoms with Crippen molar-refractivity contribution in [2.75, 3.05) is 11.9 Å². The fraction of sp³-hybridized carbons (Fsp3) is 0.200. The van der Waals surface area contributed by atoms with Crippen molar-refractivity contribution in [3.63, 3.8) is 0 Å². The van der Waals surface area contributed by atoms with Crippen molar-refractivity contribution in [2.45, 2.75) is 0 Å². The zero-order chi connectivity index (χ0) is 7.40. The van der Waals surface area contributed by atoms with Gasteiger partial charge in [0.05, 0.1) is 6.54 Å². The summed E-state index contributed by atoms with van der Waals surface area (Å²) >= 11 is 6.79. The summed E-state index contributed by atoms with van der Waals surface area (Å²) in [6.45, 7) is 4.05. The molecule has 0 bridgehead atoms. The van der Waals surface area contributed by atoms with Crippen molar-refractivity contribution in [3.05, 3.63) is 17.9 Å². The third-order valence-corrected chi connectivity index (χ3v) is 1.55. The van der Waals surface area contributed by atoms with Crippen molar-refractivity contribution >= 4 is 28.3 Å². The van der Waals surface area contributed by atoms with Crippen molar-refractivity contribution < 1.29 is 0 Å². The highest BCUT2D eigenvalue weighted by Gasteiger charge is 1.93. The van der Waals surface area contributed by atoms with Crippen LogP contribution in [0.2, 0.25) is 0 Å². The maximum Gasteiger partial charge on any atom is 0.202 e. The van der Waals surface area contributed by atoms with Gasteiger partial charge in [0.2, 0.25) is 5.13 Å². The summed E-state index contributed by atoms with van der Waals surface area (Å²) in [6, 6.07) is 0. The van der Waals surface area contributed by atoms with Crippen molar-refractivity contribution in [1.82, 2.24) is 9.36 Å². The van der Waals surface area contributed by atoms with E-state index in [0.29, 0.717) is 11.6 Å². The predicted octanol–water partition coefficient (Wildman–Crippen LogP) is 1.70. The van der Waals surface area contributed by atoms with Crippen LogP contribution in [0.3, 0.4) is 0 Å². The van der Waals surface area contributed by atoms with Gasteiger partial charge in [-0.1, -0.05) is 18.2 Å². The van der Waals surface area contributed by atoms with Gasteiger partial charge in [0, 0.05) is 16.6 Å². The maximum absolute atomic E-state index is 5.49. The summed E-state index contributed by atoms with van der Waals surface area (Å²) in [5.74, 6) is 0. The van der Waals surface area contributed by atoms with Crippen molar-refractivity contribution in [2.24, 2.45) is 0 Å². The number of nitrogens with zero attached hydrogens (tertiary/aromatic N) is 2. The Balaban J connectivity index is 2.35.